The second-order valence-corrected chi connectivity index (χ2v) is 10.5. The number of ether oxygens (including phenoxy) is 1. The van der Waals surface area contributed by atoms with Crippen molar-refractivity contribution in [2.75, 3.05) is 19.7 Å². The van der Waals surface area contributed by atoms with E-state index in [-0.39, 0.29) is 22.1 Å². The van der Waals surface area contributed by atoms with Gasteiger partial charge in [-0.05, 0) is 35.6 Å². The zero-order chi connectivity index (χ0) is 23.7. The molecule has 5 rings (SSSR count). The number of hydrogen-bond donors (Lipinski definition) is 0. The van der Waals surface area contributed by atoms with E-state index < -0.39 is 10.0 Å². The molecule has 34 heavy (non-hydrogen) atoms. The van der Waals surface area contributed by atoms with Crippen molar-refractivity contribution in [3.63, 3.8) is 0 Å². The van der Waals surface area contributed by atoms with E-state index in [2.05, 4.69) is 5.10 Å². The lowest BCUT2D eigenvalue weighted by Gasteiger charge is -2.30. The molecule has 0 saturated carbocycles. The molecule has 3 aromatic heterocycles. The fraction of sp³-hybridized carbons (Fsp3) is 0.333. The molecule has 0 amide bonds. The van der Waals surface area contributed by atoms with E-state index in [1.807, 2.05) is 41.2 Å². The van der Waals surface area contributed by atoms with E-state index in [9.17, 15) is 13.2 Å². The van der Waals surface area contributed by atoms with E-state index in [1.165, 1.54) is 33.6 Å². The summed E-state index contributed by atoms with van der Waals surface area (Å²) in [7, 11) is -1.94. The van der Waals surface area contributed by atoms with Gasteiger partial charge in [-0.25, -0.2) is 8.42 Å². The molecule has 9 nitrogen and oxygen atoms in total. The van der Waals surface area contributed by atoms with Gasteiger partial charge in [-0.3, -0.25) is 9.48 Å². The van der Waals surface area contributed by atoms with Crippen molar-refractivity contribution in [3.8, 4) is 5.75 Å². The first-order chi connectivity index (χ1) is 16.4. The Bertz CT molecular complexity index is 1430. The van der Waals surface area contributed by atoms with Gasteiger partial charge in [-0.1, -0.05) is 24.3 Å². The van der Waals surface area contributed by atoms with Gasteiger partial charge in [-0.15, -0.1) is 0 Å². The molecule has 0 atom stereocenters. The standard InChI is InChI=1S/C24H26N4O5S/c1-26-24(6-9-25-26)34(30,31)28-10-7-18(8-11-28)16-33-23-17-32-21(12-22(23)29)15-27-13-19-4-2-3-5-20(19)14-27/h2-6,9,12-14,17-18H,7-8,10-11,15-16H2,1H3. The van der Waals surface area contributed by atoms with Crippen LogP contribution in [0.5, 0.6) is 5.75 Å². The minimum atomic E-state index is -3.56. The van der Waals surface area contributed by atoms with E-state index in [0.717, 1.165) is 10.8 Å². The predicted octanol–water partition coefficient (Wildman–Crippen LogP) is 2.86. The molecule has 1 aliphatic heterocycles. The van der Waals surface area contributed by atoms with Crippen LogP contribution in [0.1, 0.15) is 18.6 Å². The third-order valence-corrected chi connectivity index (χ3v) is 8.20. The summed E-state index contributed by atoms with van der Waals surface area (Å²) in [5.74, 6) is 0.877. The van der Waals surface area contributed by atoms with Crippen LogP contribution in [-0.4, -0.2) is 46.8 Å². The molecular weight excluding hydrogens is 456 g/mol. The lowest BCUT2D eigenvalue weighted by molar-refractivity contribution is 0.181. The topological polar surface area (TPSA) is 99.6 Å². The number of hydrogen-bond acceptors (Lipinski definition) is 6. The molecule has 1 aliphatic rings. The van der Waals surface area contributed by atoms with Gasteiger partial charge in [0.15, 0.2) is 5.03 Å². The Hall–Kier alpha value is -3.37. The van der Waals surface area contributed by atoms with Crippen LogP contribution in [0.2, 0.25) is 0 Å². The van der Waals surface area contributed by atoms with E-state index in [0.29, 0.717) is 44.8 Å². The quantitative estimate of drug-likeness (QED) is 0.402. The van der Waals surface area contributed by atoms with E-state index >= 15 is 0 Å². The van der Waals surface area contributed by atoms with E-state index in [1.54, 1.807) is 7.05 Å². The Labute approximate surface area is 197 Å². The van der Waals surface area contributed by atoms with Crippen molar-refractivity contribution in [3.05, 3.63) is 77.2 Å². The molecule has 1 saturated heterocycles. The van der Waals surface area contributed by atoms with Crippen LogP contribution in [0.15, 0.2) is 75.5 Å². The molecular formula is C24H26N4O5S. The molecule has 0 N–H and O–H groups in total. The zero-order valence-corrected chi connectivity index (χ0v) is 19.6. The van der Waals surface area contributed by atoms with Gasteiger partial charge >= 0.3 is 0 Å². The molecule has 0 aliphatic carbocycles. The Morgan fingerprint density at radius 1 is 1.12 bits per heavy atom. The van der Waals surface area contributed by atoms with Gasteiger partial charge in [0.05, 0.1) is 19.3 Å². The summed E-state index contributed by atoms with van der Waals surface area (Å²) < 4.78 is 41.8. The highest BCUT2D eigenvalue weighted by molar-refractivity contribution is 7.89. The molecule has 1 fully saturated rings. The zero-order valence-electron chi connectivity index (χ0n) is 18.8. The summed E-state index contributed by atoms with van der Waals surface area (Å²) in [5.41, 5.74) is -0.228. The molecule has 4 aromatic rings. The molecule has 0 spiro atoms. The molecule has 1 aromatic carbocycles. The number of benzene rings is 1. The van der Waals surface area contributed by atoms with Gasteiger partial charge in [0.25, 0.3) is 10.0 Å². The van der Waals surface area contributed by atoms with Crippen molar-refractivity contribution in [1.29, 1.82) is 0 Å². The largest absolute Gasteiger partial charge is 0.486 e. The second kappa shape index (κ2) is 9.11. The van der Waals surface area contributed by atoms with Crippen molar-refractivity contribution in [2.24, 2.45) is 13.0 Å². The summed E-state index contributed by atoms with van der Waals surface area (Å²) in [4.78, 5) is 12.5. The van der Waals surface area contributed by atoms with E-state index in [4.69, 9.17) is 9.15 Å². The highest BCUT2D eigenvalue weighted by Crippen LogP contribution is 2.24. The fourth-order valence-corrected chi connectivity index (χ4v) is 5.88. The maximum atomic E-state index is 12.8. The Morgan fingerprint density at radius 2 is 1.82 bits per heavy atom. The van der Waals surface area contributed by atoms with Crippen molar-refractivity contribution < 1.29 is 17.6 Å². The maximum absolute atomic E-state index is 12.8. The smallest absolute Gasteiger partial charge is 0.260 e. The number of aromatic nitrogens is 3. The summed E-state index contributed by atoms with van der Waals surface area (Å²) >= 11 is 0. The molecule has 0 radical (unpaired) electrons. The first-order valence-electron chi connectivity index (χ1n) is 11.2. The first kappa shape index (κ1) is 22.4. The van der Waals surface area contributed by atoms with Gasteiger partial charge in [-0.2, -0.15) is 9.40 Å². The first-order valence-corrected chi connectivity index (χ1v) is 12.6. The molecule has 0 bridgehead atoms. The summed E-state index contributed by atoms with van der Waals surface area (Å²) in [6.45, 7) is 1.60. The average Bonchev–Trinajstić information content (AvgIpc) is 3.44. The van der Waals surface area contributed by atoms with Gasteiger partial charge in [0.2, 0.25) is 11.2 Å². The summed E-state index contributed by atoms with van der Waals surface area (Å²) in [6.07, 6.45) is 8.18. The normalized spacial score (nSPS) is 15.7. The van der Waals surface area contributed by atoms with Crippen LogP contribution in [-0.2, 0) is 23.6 Å². The molecule has 10 heteroatoms. The van der Waals surface area contributed by atoms with Crippen molar-refractivity contribution >= 4 is 20.8 Å². The monoisotopic (exact) mass is 482 g/mol. The SMILES string of the molecule is Cn1nccc1S(=O)(=O)N1CCC(COc2coc(Cn3cc4ccccc4c3)cc2=O)CC1. The Morgan fingerprint density at radius 3 is 2.44 bits per heavy atom. The number of piperidine rings is 1. The third-order valence-electron chi connectivity index (χ3n) is 6.22. The van der Waals surface area contributed by atoms with Crippen LogP contribution in [0.25, 0.3) is 10.8 Å². The molecule has 178 valence electrons. The number of nitrogens with zero attached hydrogens (tertiary/aromatic N) is 4. The second-order valence-electron chi connectivity index (χ2n) is 8.59. The van der Waals surface area contributed by atoms with Crippen molar-refractivity contribution in [2.45, 2.75) is 24.4 Å². The molecule has 4 heterocycles. The number of fused-ring (bicyclic) bond motifs is 1. The number of sulfonamides is 1. The third kappa shape index (κ3) is 4.51. The van der Waals surface area contributed by atoms with Gasteiger partial charge < -0.3 is 13.7 Å². The highest BCUT2D eigenvalue weighted by atomic mass is 32.2. The van der Waals surface area contributed by atoms with Crippen molar-refractivity contribution in [1.82, 2.24) is 18.7 Å². The highest BCUT2D eigenvalue weighted by Gasteiger charge is 2.31. The van der Waals surface area contributed by atoms with Crippen LogP contribution in [0, 0.1) is 5.92 Å². The lowest BCUT2D eigenvalue weighted by atomic mass is 9.99. The number of rotatable bonds is 7. The minimum Gasteiger partial charge on any atom is -0.486 e. The Kier molecular flexibility index (Phi) is 6.01. The lowest BCUT2D eigenvalue weighted by Crippen LogP contribution is -2.40. The maximum Gasteiger partial charge on any atom is 0.260 e. The van der Waals surface area contributed by atoms with Gasteiger partial charge in [0, 0.05) is 38.6 Å². The van der Waals surface area contributed by atoms with Crippen LogP contribution < -0.4 is 10.2 Å². The van der Waals surface area contributed by atoms with Crippen LogP contribution in [0.3, 0.4) is 0 Å². The fourth-order valence-electron chi connectivity index (χ4n) is 4.31. The number of aryl methyl sites for hydroxylation is 1. The molecule has 0 unspecified atom stereocenters. The summed E-state index contributed by atoms with van der Waals surface area (Å²) in [5, 5.41) is 6.40. The summed E-state index contributed by atoms with van der Waals surface area (Å²) in [6, 6.07) is 11.0. The van der Waals surface area contributed by atoms with Crippen LogP contribution in [0.4, 0.5) is 0 Å². The van der Waals surface area contributed by atoms with Crippen LogP contribution >= 0.6 is 0 Å². The van der Waals surface area contributed by atoms with Gasteiger partial charge in [0.1, 0.15) is 12.0 Å². The average molecular weight is 483 g/mol. The Balaban J connectivity index is 1.16. The minimum absolute atomic E-state index is 0.157. The predicted molar refractivity (Wildman–Crippen MR) is 126 cm³/mol.